The van der Waals surface area contributed by atoms with Gasteiger partial charge in [-0.3, -0.25) is 0 Å². The van der Waals surface area contributed by atoms with Crippen LogP contribution in [0.5, 0.6) is 0 Å². The van der Waals surface area contributed by atoms with Gasteiger partial charge in [0.1, 0.15) is 0 Å². The van der Waals surface area contributed by atoms with Crippen LogP contribution < -0.4 is 0 Å². The summed E-state index contributed by atoms with van der Waals surface area (Å²) in [5.74, 6) is 0.415. The Bertz CT molecular complexity index is 2470. The molecule has 0 amide bonds. The first kappa shape index (κ1) is 25.6. The summed E-state index contributed by atoms with van der Waals surface area (Å²) in [4.78, 5) is 0. The molecule has 0 aliphatic heterocycles. The molecule has 0 aromatic heterocycles. The minimum Gasteiger partial charge on any atom is -0.0726 e. The van der Waals surface area contributed by atoms with E-state index in [0.717, 1.165) is 0 Å². The predicted molar refractivity (Wildman–Crippen MR) is 195 cm³/mol. The van der Waals surface area contributed by atoms with Gasteiger partial charge in [-0.2, -0.15) is 0 Å². The van der Waals surface area contributed by atoms with Crippen LogP contribution in [0.25, 0.3) is 49.5 Å². The molecule has 0 N–H and O–H groups in total. The van der Waals surface area contributed by atoms with Gasteiger partial charge in [-0.05, 0) is 100 Å². The second-order valence-electron chi connectivity index (χ2n) is 12.8. The quantitative estimate of drug-likeness (QED) is 0.182. The summed E-state index contributed by atoms with van der Waals surface area (Å²) in [6.07, 6.45) is 11.4. The summed E-state index contributed by atoms with van der Waals surface area (Å²) in [6.45, 7) is 0. The van der Waals surface area contributed by atoms with E-state index in [9.17, 15) is 0 Å². The molecule has 0 saturated heterocycles. The zero-order valence-electron chi connectivity index (χ0n) is 25.3. The summed E-state index contributed by atoms with van der Waals surface area (Å²) in [7, 11) is 0. The fraction of sp³-hybridized carbons (Fsp3) is 0.0435. The smallest absolute Gasteiger partial charge is 0.0358 e. The van der Waals surface area contributed by atoms with Gasteiger partial charge in [-0.15, -0.1) is 0 Å². The summed E-state index contributed by atoms with van der Waals surface area (Å²) in [5, 5.41) is 7.88. The van der Waals surface area contributed by atoms with Crippen molar-refractivity contribution in [3.8, 4) is 0 Å². The average molecular weight is 583 g/mol. The molecule has 214 valence electrons. The van der Waals surface area contributed by atoms with E-state index in [0.29, 0.717) is 5.92 Å². The fourth-order valence-electron chi connectivity index (χ4n) is 8.40. The molecule has 0 saturated carbocycles. The van der Waals surface area contributed by atoms with Crippen LogP contribution in [0.1, 0.15) is 50.8 Å². The topological polar surface area (TPSA) is 0 Å². The average Bonchev–Trinajstić information content (AvgIpc) is 3.66. The van der Waals surface area contributed by atoms with Crippen LogP contribution >= 0.6 is 0 Å². The molecule has 0 radical (unpaired) electrons. The second-order valence-corrected chi connectivity index (χ2v) is 12.8. The third kappa shape index (κ3) is 3.68. The lowest BCUT2D eigenvalue weighted by Crippen LogP contribution is -2.04. The Morgan fingerprint density at radius 1 is 0.457 bits per heavy atom. The van der Waals surface area contributed by atoms with E-state index < -0.39 is 0 Å². The first-order valence-electron chi connectivity index (χ1n) is 16.3. The SMILES string of the molecule is C1=CC2=Cc3cc4c(cc3C2C=C1)C(c1ccc2c3ccccc3c3ccccc3c2c1)C(c1ccccc1)=C4c1ccccc1. The lowest BCUT2D eigenvalue weighted by molar-refractivity contribution is 1.02. The summed E-state index contributed by atoms with van der Waals surface area (Å²) in [5.41, 5.74) is 13.5. The molecule has 0 nitrogen and oxygen atoms in total. The van der Waals surface area contributed by atoms with Gasteiger partial charge in [0.25, 0.3) is 0 Å². The van der Waals surface area contributed by atoms with E-state index in [2.05, 4.69) is 170 Å². The molecule has 10 rings (SSSR count). The van der Waals surface area contributed by atoms with Crippen LogP contribution in [0.2, 0.25) is 0 Å². The van der Waals surface area contributed by atoms with E-state index in [4.69, 9.17) is 0 Å². The van der Waals surface area contributed by atoms with Crippen molar-refractivity contribution in [2.24, 2.45) is 0 Å². The minimum atomic E-state index is 0.0969. The predicted octanol–water partition coefficient (Wildman–Crippen LogP) is 11.9. The van der Waals surface area contributed by atoms with Gasteiger partial charge in [0.15, 0.2) is 0 Å². The van der Waals surface area contributed by atoms with E-state index >= 15 is 0 Å². The van der Waals surface area contributed by atoms with Gasteiger partial charge < -0.3 is 0 Å². The molecule has 3 aliphatic carbocycles. The maximum atomic E-state index is 2.54. The van der Waals surface area contributed by atoms with Gasteiger partial charge >= 0.3 is 0 Å². The Kier molecular flexibility index (Phi) is 5.50. The Morgan fingerprint density at radius 2 is 1.07 bits per heavy atom. The zero-order chi connectivity index (χ0) is 30.2. The number of hydrogen-bond acceptors (Lipinski definition) is 0. The molecule has 0 bridgehead atoms. The molecule has 2 unspecified atom stereocenters. The highest BCUT2D eigenvalue weighted by molar-refractivity contribution is 6.25. The third-order valence-electron chi connectivity index (χ3n) is 10.4. The van der Waals surface area contributed by atoms with E-state index in [-0.39, 0.29) is 5.92 Å². The van der Waals surface area contributed by atoms with E-state index in [1.807, 2.05) is 0 Å². The number of allylic oxidation sites excluding steroid dienone is 6. The molecule has 46 heavy (non-hydrogen) atoms. The maximum absolute atomic E-state index is 2.54. The monoisotopic (exact) mass is 582 g/mol. The maximum Gasteiger partial charge on any atom is 0.0358 e. The Labute approximate surface area is 269 Å². The molecular weight excluding hydrogens is 553 g/mol. The highest BCUT2D eigenvalue weighted by Crippen LogP contribution is 2.55. The van der Waals surface area contributed by atoms with Crippen LogP contribution in [-0.4, -0.2) is 0 Å². The first-order chi connectivity index (χ1) is 22.8. The van der Waals surface area contributed by atoms with Crippen molar-refractivity contribution in [2.45, 2.75) is 11.8 Å². The highest BCUT2D eigenvalue weighted by atomic mass is 14.4. The lowest BCUT2D eigenvalue weighted by atomic mass is 9.81. The van der Waals surface area contributed by atoms with Gasteiger partial charge in [-0.25, -0.2) is 0 Å². The molecular formula is C46H30. The Morgan fingerprint density at radius 3 is 1.76 bits per heavy atom. The zero-order valence-corrected chi connectivity index (χ0v) is 25.3. The van der Waals surface area contributed by atoms with Crippen LogP contribution in [0.4, 0.5) is 0 Å². The normalized spacial score (nSPS) is 17.9. The van der Waals surface area contributed by atoms with Crippen molar-refractivity contribution >= 4 is 49.5 Å². The fourth-order valence-corrected chi connectivity index (χ4v) is 8.40. The van der Waals surface area contributed by atoms with Crippen LogP contribution in [-0.2, 0) is 0 Å². The standard InChI is InChI=1S/C46H30/c1-3-13-29(14-4-1)44-42-27-33-25-31-17-7-8-18-34(31)40(33)28-43(42)45(46(44)30-15-5-2-6-16-30)32-23-24-39-37-21-10-9-19-35(37)36-20-11-12-22-38(36)41(39)26-32/h1-28,34,45H. The number of benzene rings is 7. The van der Waals surface area contributed by atoms with Crippen LogP contribution in [0.15, 0.2) is 169 Å². The lowest BCUT2D eigenvalue weighted by Gasteiger charge is -2.21. The largest absolute Gasteiger partial charge is 0.0726 e. The van der Waals surface area contributed by atoms with E-state index in [1.165, 1.54) is 88.0 Å². The highest BCUT2D eigenvalue weighted by Gasteiger charge is 2.37. The van der Waals surface area contributed by atoms with Gasteiger partial charge in [0.2, 0.25) is 0 Å². The van der Waals surface area contributed by atoms with Crippen molar-refractivity contribution in [3.05, 3.63) is 208 Å². The first-order valence-corrected chi connectivity index (χ1v) is 16.3. The van der Waals surface area contributed by atoms with Crippen molar-refractivity contribution in [3.63, 3.8) is 0 Å². The molecule has 0 fully saturated rings. The van der Waals surface area contributed by atoms with Crippen LogP contribution in [0.3, 0.4) is 0 Å². The third-order valence-corrected chi connectivity index (χ3v) is 10.4. The minimum absolute atomic E-state index is 0.0969. The summed E-state index contributed by atoms with van der Waals surface area (Å²) < 4.78 is 0. The second kappa shape index (κ2) is 9.89. The molecule has 2 atom stereocenters. The Balaban J connectivity index is 1.30. The molecule has 0 heteroatoms. The summed E-state index contributed by atoms with van der Waals surface area (Å²) in [6, 6.07) is 52.1. The molecule has 7 aromatic rings. The molecule has 0 spiro atoms. The molecule has 0 heterocycles. The van der Waals surface area contributed by atoms with Crippen molar-refractivity contribution < 1.29 is 0 Å². The van der Waals surface area contributed by atoms with Gasteiger partial charge in [0.05, 0.1) is 0 Å². The van der Waals surface area contributed by atoms with Crippen molar-refractivity contribution in [1.29, 1.82) is 0 Å². The van der Waals surface area contributed by atoms with E-state index in [1.54, 1.807) is 0 Å². The van der Waals surface area contributed by atoms with Gasteiger partial charge in [0, 0.05) is 11.8 Å². The number of hydrogen-bond donors (Lipinski definition) is 0. The van der Waals surface area contributed by atoms with Crippen LogP contribution in [0, 0.1) is 0 Å². The number of fused-ring (bicyclic) bond motifs is 10. The number of rotatable bonds is 3. The Hall–Kier alpha value is -5.72. The van der Waals surface area contributed by atoms with Crippen molar-refractivity contribution in [2.75, 3.05) is 0 Å². The summed E-state index contributed by atoms with van der Waals surface area (Å²) >= 11 is 0. The van der Waals surface area contributed by atoms with Crippen molar-refractivity contribution in [1.82, 2.24) is 0 Å². The van der Waals surface area contributed by atoms with Gasteiger partial charge in [-0.1, -0.05) is 158 Å². The molecule has 3 aliphatic rings. The molecule has 7 aromatic carbocycles.